The monoisotopic (exact) mass is 576 g/mol. The first-order valence-corrected chi connectivity index (χ1v) is 15.7. The summed E-state index contributed by atoms with van der Waals surface area (Å²) in [7, 11) is 0. The molecular weight excluding hydrogens is 547 g/mol. The topological polar surface area (TPSA) is 28.4 Å². The van der Waals surface area contributed by atoms with Gasteiger partial charge in [0.1, 0.15) is 11.2 Å². The van der Waals surface area contributed by atoms with Gasteiger partial charge >= 0.3 is 0 Å². The van der Waals surface area contributed by atoms with E-state index in [1.165, 1.54) is 50.3 Å². The quantitative estimate of drug-likeness (QED) is 0.208. The van der Waals surface area contributed by atoms with Crippen molar-refractivity contribution < 1.29 is 4.42 Å². The van der Waals surface area contributed by atoms with Crippen molar-refractivity contribution in [2.45, 2.75) is 19.3 Å². The van der Waals surface area contributed by atoms with Gasteiger partial charge in [-0.05, 0) is 58.5 Å². The lowest BCUT2D eigenvalue weighted by molar-refractivity contribution is 0.666. The SMILES string of the molecule is CC1(C)C2=C(c3ccccc31)N(c1ccccc1)c1cccc3c1B2c1ccc(-c2cccc4c2oc2ccccc24)cc1N3. The first kappa shape index (κ1) is 24.9. The zero-order valence-electron chi connectivity index (χ0n) is 25.1. The maximum Gasteiger partial charge on any atom is 0.248 e. The summed E-state index contributed by atoms with van der Waals surface area (Å²) in [6.45, 7) is 4.94. The van der Waals surface area contributed by atoms with E-state index < -0.39 is 0 Å². The Morgan fingerprint density at radius 1 is 0.667 bits per heavy atom. The number of hydrogen-bond acceptors (Lipinski definition) is 3. The molecule has 212 valence electrons. The highest BCUT2D eigenvalue weighted by Gasteiger charge is 2.51. The molecule has 1 aromatic heterocycles. The zero-order chi connectivity index (χ0) is 29.9. The van der Waals surface area contributed by atoms with Crippen molar-refractivity contribution in [3.8, 4) is 11.1 Å². The number of fused-ring (bicyclic) bond motifs is 8. The molecule has 0 fully saturated rings. The molecule has 3 aliphatic rings. The van der Waals surface area contributed by atoms with E-state index in [4.69, 9.17) is 4.42 Å². The summed E-state index contributed by atoms with van der Waals surface area (Å²) in [5.41, 5.74) is 16.9. The van der Waals surface area contributed by atoms with Crippen LogP contribution in [0.1, 0.15) is 25.0 Å². The van der Waals surface area contributed by atoms with Crippen LogP contribution in [0.3, 0.4) is 0 Å². The van der Waals surface area contributed by atoms with Gasteiger partial charge in [-0.15, -0.1) is 0 Å². The molecule has 3 nitrogen and oxygen atoms in total. The third-order valence-electron chi connectivity index (χ3n) is 10.3. The molecule has 6 aromatic carbocycles. The van der Waals surface area contributed by atoms with Gasteiger partial charge in [0.25, 0.3) is 0 Å². The van der Waals surface area contributed by atoms with E-state index in [2.05, 4.69) is 151 Å². The Bertz CT molecular complexity index is 2400. The lowest BCUT2D eigenvalue weighted by atomic mass is 9.30. The van der Waals surface area contributed by atoms with E-state index in [9.17, 15) is 0 Å². The Labute approximate surface area is 262 Å². The minimum atomic E-state index is -0.151. The summed E-state index contributed by atoms with van der Waals surface area (Å²) < 4.78 is 6.45. The largest absolute Gasteiger partial charge is 0.455 e. The van der Waals surface area contributed by atoms with Crippen molar-refractivity contribution in [2.75, 3.05) is 10.2 Å². The van der Waals surface area contributed by atoms with Crippen LogP contribution in [0.2, 0.25) is 0 Å². The van der Waals surface area contributed by atoms with Crippen LogP contribution in [0.5, 0.6) is 0 Å². The number of para-hydroxylation sites is 3. The molecule has 7 aromatic rings. The molecule has 0 radical (unpaired) electrons. The second-order valence-corrected chi connectivity index (χ2v) is 13.0. The van der Waals surface area contributed by atoms with E-state index >= 15 is 0 Å². The van der Waals surface area contributed by atoms with Crippen molar-refractivity contribution in [1.82, 2.24) is 0 Å². The normalized spacial score (nSPS) is 15.5. The standard InChI is InChI=1S/C41H29BN2O/c1-41(2)31-18-8-6-15-30(31)38-40(41)42-32-23-22-25(27-16-10-17-29-28-14-7-9-21-36(28)45-39(27)29)24-34(32)43-33-19-11-20-35(37(33)42)44(38)26-12-4-3-5-13-26/h3-24,43H,1-2H3. The molecule has 0 amide bonds. The van der Waals surface area contributed by atoms with Crippen LogP contribution in [-0.4, -0.2) is 6.71 Å². The number of benzene rings is 6. The minimum Gasteiger partial charge on any atom is -0.455 e. The molecule has 4 heteroatoms. The van der Waals surface area contributed by atoms with Crippen molar-refractivity contribution in [2.24, 2.45) is 0 Å². The highest BCUT2D eigenvalue weighted by atomic mass is 16.3. The van der Waals surface area contributed by atoms with Gasteiger partial charge in [0.2, 0.25) is 6.71 Å². The summed E-state index contributed by atoms with van der Waals surface area (Å²) in [6.07, 6.45) is 0. The number of anilines is 4. The molecule has 45 heavy (non-hydrogen) atoms. The smallest absolute Gasteiger partial charge is 0.248 e. The number of hydrogen-bond donors (Lipinski definition) is 1. The van der Waals surface area contributed by atoms with E-state index in [0.29, 0.717) is 0 Å². The molecule has 2 aliphatic heterocycles. The summed E-state index contributed by atoms with van der Waals surface area (Å²) in [5, 5.41) is 6.19. The molecule has 0 bridgehead atoms. The maximum absolute atomic E-state index is 6.45. The van der Waals surface area contributed by atoms with Gasteiger partial charge in [-0.25, -0.2) is 0 Å². The molecule has 0 atom stereocenters. The van der Waals surface area contributed by atoms with E-state index in [1.807, 2.05) is 6.07 Å². The summed E-state index contributed by atoms with van der Waals surface area (Å²) >= 11 is 0. The highest BCUT2D eigenvalue weighted by molar-refractivity contribution is 6.96. The fraction of sp³-hybridized carbons (Fsp3) is 0.0732. The molecule has 3 heterocycles. The highest BCUT2D eigenvalue weighted by Crippen LogP contribution is 2.54. The first-order chi connectivity index (χ1) is 22.1. The average Bonchev–Trinajstić information content (AvgIpc) is 3.57. The van der Waals surface area contributed by atoms with Crippen LogP contribution < -0.4 is 21.1 Å². The van der Waals surface area contributed by atoms with Crippen molar-refractivity contribution >= 4 is 68.0 Å². The number of allylic oxidation sites excluding steroid dienone is 1. The number of furan rings is 1. The van der Waals surface area contributed by atoms with Crippen LogP contribution in [0, 0.1) is 0 Å². The van der Waals surface area contributed by atoms with Crippen LogP contribution in [0.15, 0.2) is 143 Å². The second-order valence-electron chi connectivity index (χ2n) is 13.0. The molecule has 10 rings (SSSR count). The molecular formula is C41H29BN2O. The lowest BCUT2D eigenvalue weighted by Crippen LogP contribution is -2.56. The molecule has 1 aliphatic carbocycles. The van der Waals surface area contributed by atoms with Crippen LogP contribution >= 0.6 is 0 Å². The van der Waals surface area contributed by atoms with Crippen molar-refractivity contribution in [3.05, 3.63) is 150 Å². The molecule has 0 saturated carbocycles. The van der Waals surface area contributed by atoms with Crippen LogP contribution in [-0.2, 0) is 5.41 Å². The Morgan fingerprint density at radius 3 is 2.33 bits per heavy atom. The summed E-state index contributed by atoms with van der Waals surface area (Å²) in [5.74, 6) is 0. The van der Waals surface area contributed by atoms with Crippen LogP contribution in [0.4, 0.5) is 22.7 Å². The van der Waals surface area contributed by atoms with Gasteiger partial charge in [-0.1, -0.05) is 116 Å². The van der Waals surface area contributed by atoms with Gasteiger partial charge in [-0.3, -0.25) is 0 Å². The van der Waals surface area contributed by atoms with Crippen molar-refractivity contribution in [3.63, 3.8) is 0 Å². The predicted octanol–water partition coefficient (Wildman–Crippen LogP) is 9.31. The number of rotatable bonds is 2. The van der Waals surface area contributed by atoms with E-state index in [0.717, 1.165) is 38.8 Å². The molecule has 0 saturated heterocycles. The van der Waals surface area contributed by atoms with Gasteiger partial charge in [0, 0.05) is 55.8 Å². The van der Waals surface area contributed by atoms with Crippen molar-refractivity contribution in [1.29, 1.82) is 0 Å². The first-order valence-electron chi connectivity index (χ1n) is 15.7. The van der Waals surface area contributed by atoms with Gasteiger partial charge < -0.3 is 14.6 Å². The Hall–Kier alpha value is -5.48. The Kier molecular flexibility index (Phi) is 4.87. The van der Waals surface area contributed by atoms with E-state index in [1.54, 1.807) is 0 Å². The van der Waals surface area contributed by atoms with Gasteiger partial charge in [0.05, 0.1) is 0 Å². The lowest BCUT2D eigenvalue weighted by Gasteiger charge is -2.43. The zero-order valence-corrected chi connectivity index (χ0v) is 25.1. The Morgan fingerprint density at radius 2 is 1.42 bits per heavy atom. The minimum absolute atomic E-state index is 0.126. The second kappa shape index (κ2) is 8.80. The fourth-order valence-corrected chi connectivity index (χ4v) is 8.34. The number of nitrogens with one attached hydrogen (secondary N) is 1. The third-order valence-corrected chi connectivity index (χ3v) is 10.3. The average molecular weight is 577 g/mol. The number of nitrogens with zero attached hydrogens (tertiary/aromatic N) is 1. The van der Waals surface area contributed by atoms with Crippen LogP contribution in [0.25, 0.3) is 38.8 Å². The van der Waals surface area contributed by atoms with E-state index in [-0.39, 0.29) is 12.1 Å². The molecule has 1 N–H and O–H groups in total. The molecule has 0 unspecified atom stereocenters. The predicted molar refractivity (Wildman–Crippen MR) is 189 cm³/mol. The maximum atomic E-state index is 6.45. The fourth-order valence-electron chi connectivity index (χ4n) is 8.34. The third kappa shape index (κ3) is 3.26. The van der Waals surface area contributed by atoms with Gasteiger partial charge in [0.15, 0.2) is 0 Å². The summed E-state index contributed by atoms with van der Waals surface area (Å²) in [4.78, 5) is 2.50. The summed E-state index contributed by atoms with van der Waals surface area (Å²) in [6, 6.07) is 48.3. The Balaban J connectivity index is 1.22. The van der Waals surface area contributed by atoms with Gasteiger partial charge in [-0.2, -0.15) is 0 Å². The molecule has 0 spiro atoms.